The van der Waals surface area contributed by atoms with Gasteiger partial charge in [-0.15, -0.1) is 0 Å². The average molecular weight is 268 g/mol. The van der Waals surface area contributed by atoms with Crippen LogP contribution in [0.3, 0.4) is 0 Å². The number of nitrogens with one attached hydrogen (secondary N) is 2. The number of nitrogens with zero attached hydrogens (tertiary/aromatic N) is 1. The van der Waals surface area contributed by atoms with Crippen molar-refractivity contribution in [3.05, 3.63) is 42.5 Å². The molecule has 0 fully saturated rings. The van der Waals surface area contributed by atoms with Gasteiger partial charge in [-0.3, -0.25) is 0 Å². The van der Waals surface area contributed by atoms with Crippen LogP contribution >= 0.6 is 0 Å². The molecule has 0 saturated heterocycles. The summed E-state index contributed by atoms with van der Waals surface area (Å²) in [5.74, 6) is 5.31. The third-order valence-corrected chi connectivity index (χ3v) is 3.68. The van der Waals surface area contributed by atoms with E-state index in [1.54, 1.807) is 6.07 Å². The zero-order valence-corrected chi connectivity index (χ0v) is 10.1. The Kier molecular flexibility index (Phi) is 3.60. The summed E-state index contributed by atoms with van der Waals surface area (Å²) in [6.07, 6.45) is 4.39. The van der Waals surface area contributed by atoms with E-state index in [9.17, 15) is 8.42 Å². The van der Waals surface area contributed by atoms with Crippen LogP contribution < -0.4 is 16.0 Å². The normalized spacial score (nSPS) is 11.4. The monoisotopic (exact) mass is 268 g/mol. The minimum Gasteiger partial charge on any atom is -0.472 e. The number of nitrogen functional groups attached to an aromatic ring is 1. The lowest BCUT2D eigenvalue weighted by Crippen LogP contribution is -2.25. The number of furan rings is 1. The van der Waals surface area contributed by atoms with E-state index in [1.807, 2.05) is 0 Å². The number of aromatic nitrogens is 1. The van der Waals surface area contributed by atoms with E-state index >= 15 is 0 Å². The van der Waals surface area contributed by atoms with Crippen molar-refractivity contribution in [1.82, 2.24) is 9.71 Å². The summed E-state index contributed by atoms with van der Waals surface area (Å²) in [6, 6.07) is 4.61. The molecule has 0 amide bonds. The van der Waals surface area contributed by atoms with Gasteiger partial charge in [-0.05, 0) is 18.2 Å². The van der Waals surface area contributed by atoms with Gasteiger partial charge in [0.1, 0.15) is 4.90 Å². The maximum atomic E-state index is 12.0. The highest BCUT2D eigenvalue weighted by molar-refractivity contribution is 7.89. The van der Waals surface area contributed by atoms with Crippen molar-refractivity contribution in [3.8, 4) is 0 Å². The van der Waals surface area contributed by atoms with E-state index < -0.39 is 10.0 Å². The highest BCUT2D eigenvalue weighted by Crippen LogP contribution is 2.16. The van der Waals surface area contributed by atoms with Crippen LogP contribution in [0, 0.1) is 0 Å². The second kappa shape index (κ2) is 5.17. The Bertz CT molecular complexity index is 610. The number of hydrazine groups is 1. The average Bonchev–Trinajstić information content (AvgIpc) is 2.89. The summed E-state index contributed by atoms with van der Waals surface area (Å²) >= 11 is 0. The summed E-state index contributed by atoms with van der Waals surface area (Å²) in [4.78, 5) is 3.83. The fraction of sp³-hybridized carbons (Fsp3) is 0.100. The van der Waals surface area contributed by atoms with Crippen molar-refractivity contribution in [2.24, 2.45) is 5.84 Å². The summed E-state index contributed by atoms with van der Waals surface area (Å²) in [6.45, 7) is 0.137. The Labute approximate surface area is 104 Å². The number of pyridine rings is 1. The molecule has 4 N–H and O–H groups in total. The van der Waals surface area contributed by atoms with Crippen molar-refractivity contribution in [2.45, 2.75) is 11.4 Å². The largest absolute Gasteiger partial charge is 0.472 e. The van der Waals surface area contributed by atoms with Crippen molar-refractivity contribution in [2.75, 3.05) is 5.43 Å². The summed E-state index contributed by atoms with van der Waals surface area (Å²) in [5, 5.41) is 0. The predicted octanol–water partition coefficient (Wildman–Crippen LogP) is 0.439. The zero-order chi connectivity index (χ0) is 13.0. The first-order chi connectivity index (χ1) is 8.63. The zero-order valence-electron chi connectivity index (χ0n) is 9.33. The Morgan fingerprint density at radius 2 is 2.22 bits per heavy atom. The van der Waals surface area contributed by atoms with Gasteiger partial charge in [0.25, 0.3) is 0 Å². The Morgan fingerprint density at radius 3 is 2.89 bits per heavy atom. The number of hydrogen-bond acceptors (Lipinski definition) is 6. The molecular formula is C10H12N4O3S. The molecule has 0 spiro atoms. The van der Waals surface area contributed by atoms with Crippen molar-refractivity contribution in [3.63, 3.8) is 0 Å². The van der Waals surface area contributed by atoms with Gasteiger partial charge in [0.05, 0.1) is 12.5 Å². The molecule has 0 atom stereocenters. The van der Waals surface area contributed by atoms with Crippen LogP contribution in [0.25, 0.3) is 0 Å². The molecule has 2 aromatic heterocycles. The molecule has 0 unspecified atom stereocenters. The van der Waals surface area contributed by atoms with Gasteiger partial charge in [0.2, 0.25) is 10.0 Å². The molecule has 0 aliphatic rings. The van der Waals surface area contributed by atoms with Crippen molar-refractivity contribution in [1.29, 1.82) is 0 Å². The minimum absolute atomic E-state index is 0.00371. The summed E-state index contributed by atoms with van der Waals surface area (Å²) in [7, 11) is -3.68. The van der Waals surface area contributed by atoms with Crippen LogP contribution in [0.5, 0.6) is 0 Å². The van der Waals surface area contributed by atoms with Crippen LogP contribution in [-0.4, -0.2) is 13.4 Å². The lowest BCUT2D eigenvalue weighted by atomic mass is 10.4. The smallest absolute Gasteiger partial charge is 0.244 e. The van der Waals surface area contributed by atoms with Crippen LogP contribution in [0.1, 0.15) is 5.56 Å². The number of sulfonamides is 1. The number of rotatable bonds is 5. The maximum absolute atomic E-state index is 12.0. The fourth-order valence-corrected chi connectivity index (χ4v) is 2.50. The van der Waals surface area contributed by atoms with Crippen LogP contribution in [0.15, 0.2) is 46.2 Å². The quantitative estimate of drug-likeness (QED) is 0.536. The van der Waals surface area contributed by atoms with E-state index in [2.05, 4.69) is 15.1 Å². The molecule has 8 heteroatoms. The topological polar surface area (TPSA) is 110 Å². The molecular weight excluding hydrogens is 256 g/mol. The van der Waals surface area contributed by atoms with Crippen molar-refractivity contribution >= 4 is 15.8 Å². The van der Waals surface area contributed by atoms with E-state index in [0.717, 1.165) is 5.56 Å². The molecule has 0 aliphatic heterocycles. The number of nitrogens with two attached hydrogens (primary N) is 1. The molecule has 2 heterocycles. The van der Waals surface area contributed by atoms with Crippen LogP contribution in [0.2, 0.25) is 0 Å². The highest BCUT2D eigenvalue weighted by Gasteiger charge is 2.18. The van der Waals surface area contributed by atoms with E-state index in [4.69, 9.17) is 10.3 Å². The molecule has 0 saturated carbocycles. The first-order valence-corrected chi connectivity index (χ1v) is 6.54. The molecule has 2 rings (SSSR count). The molecule has 2 aromatic rings. The van der Waals surface area contributed by atoms with Gasteiger partial charge in [-0.2, -0.15) is 0 Å². The third-order valence-electron chi connectivity index (χ3n) is 2.24. The minimum atomic E-state index is -3.68. The second-order valence-electron chi connectivity index (χ2n) is 3.45. The first kappa shape index (κ1) is 12.6. The molecule has 18 heavy (non-hydrogen) atoms. The van der Waals surface area contributed by atoms with E-state index in [-0.39, 0.29) is 17.3 Å². The molecule has 96 valence electrons. The lowest BCUT2D eigenvalue weighted by Gasteiger charge is -2.09. The first-order valence-electron chi connectivity index (χ1n) is 5.06. The second-order valence-corrected chi connectivity index (χ2v) is 5.19. The van der Waals surface area contributed by atoms with Gasteiger partial charge in [0.15, 0.2) is 5.82 Å². The summed E-state index contributed by atoms with van der Waals surface area (Å²) in [5.41, 5.74) is 2.97. The highest BCUT2D eigenvalue weighted by atomic mass is 32.2. The maximum Gasteiger partial charge on any atom is 0.244 e. The Hall–Kier alpha value is -1.90. The summed E-state index contributed by atoms with van der Waals surface area (Å²) < 4.78 is 31.3. The number of anilines is 1. The van der Waals surface area contributed by atoms with Gasteiger partial charge in [0, 0.05) is 18.3 Å². The molecule has 0 bridgehead atoms. The van der Waals surface area contributed by atoms with Crippen molar-refractivity contribution < 1.29 is 12.8 Å². The molecule has 0 radical (unpaired) electrons. The molecule has 0 aromatic carbocycles. The van der Waals surface area contributed by atoms with Crippen LogP contribution in [-0.2, 0) is 16.6 Å². The Morgan fingerprint density at radius 1 is 1.39 bits per heavy atom. The number of hydrogen-bond donors (Lipinski definition) is 3. The molecule has 7 nitrogen and oxygen atoms in total. The van der Waals surface area contributed by atoms with Gasteiger partial charge in [-0.25, -0.2) is 24.0 Å². The van der Waals surface area contributed by atoms with Gasteiger partial charge >= 0.3 is 0 Å². The predicted molar refractivity (Wildman–Crippen MR) is 64.8 cm³/mol. The van der Waals surface area contributed by atoms with Crippen LogP contribution in [0.4, 0.5) is 5.82 Å². The lowest BCUT2D eigenvalue weighted by molar-refractivity contribution is 0.561. The van der Waals surface area contributed by atoms with E-state index in [1.165, 1.54) is 30.9 Å². The third kappa shape index (κ3) is 2.67. The van der Waals surface area contributed by atoms with Gasteiger partial charge < -0.3 is 9.84 Å². The van der Waals surface area contributed by atoms with E-state index in [0.29, 0.717) is 0 Å². The fourth-order valence-electron chi connectivity index (χ4n) is 1.37. The molecule has 0 aliphatic carbocycles. The van der Waals surface area contributed by atoms with Gasteiger partial charge in [-0.1, -0.05) is 0 Å². The standard InChI is InChI=1S/C10H12N4O3S/c11-14-10-9(2-1-4-12-10)18(15,16)13-6-8-3-5-17-7-8/h1-5,7,13H,6,11H2,(H,12,14). The SMILES string of the molecule is NNc1ncccc1S(=O)(=O)NCc1ccoc1. The Balaban J connectivity index is 2.20.